The van der Waals surface area contributed by atoms with Crippen LogP contribution in [0.15, 0.2) is 95.5 Å². The minimum atomic E-state index is -0.758. The summed E-state index contributed by atoms with van der Waals surface area (Å²) in [5, 5.41) is 11.2. The van der Waals surface area contributed by atoms with Gasteiger partial charge in [0, 0.05) is 10.5 Å². The molecule has 0 aromatic heterocycles. The average Bonchev–Trinajstić information content (AvgIpc) is 3.17. The fraction of sp³-hybridized carbons (Fsp3) is 0.0357. The number of ether oxygens (including phenoxy) is 2. The number of hydrogen-bond acceptors (Lipinski definition) is 7. The van der Waals surface area contributed by atoms with Gasteiger partial charge in [-0.1, -0.05) is 34.1 Å². The minimum absolute atomic E-state index is 0.0805. The largest absolute Gasteiger partial charge is 0.457 e. The second-order valence-electron chi connectivity index (χ2n) is 8.22. The normalized spacial score (nSPS) is 12.3. The lowest BCUT2D eigenvalue weighted by Gasteiger charge is -2.15. The fourth-order valence-corrected chi connectivity index (χ4v) is 4.23. The average molecular weight is 573 g/mol. The van der Waals surface area contributed by atoms with Crippen LogP contribution in [0.2, 0.25) is 0 Å². The molecule has 4 aromatic carbocycles. The van der Waals surface area contributed by atoms with Crippen LogP contribution in [0.5, 0.6) is 11.5 Å². The first-order chi connectivity index (χ1) is 18.3. The maximum absolute atomic E-state index is 13.2. The lowest BCUT2D eigenvalue weighted by molar-refractivity contribution is -0.385. The summed E-state index contributed by atoms with van der Waals surface area (Å²) in [4.78, 5) is 50.6. The van der Waals surface area contributed by atoms with Crippen LogP contribution in [0.4, 0.5) is 11.4 Å². The summed E-state index contributed by atoms with van der Waals surface area (Å²) in [6.45, 7) is -0.311. The Morgan fingerprint density at radius 3 is 2.32 bits per heavy atom. The van der Waals surface area contributed by atoms with Crippen LogP contribution in [0.1, 0.15) is 36.6 Å². The van der Waals surface area contributed by atoms with Crippen molar-refractivity contribution in [1.82, 2.24) is 0 Å². The molecule has 0 fully saturated rings. The number of carbonyl (C=O) groups is 3. The number of esters is 1. The molecule has 0 aliphatic carbocycles. The molecule has 0 saturated carbocycles. The van der Waals surface area contributed by atoms with Gasteiger partial charge in [-0.15, -0.1) is 0 Å². The van der Waals surface area contributed by atoms with Crippen LogP contribution in [-0.2, 0) is 11.3 Å². The molecular weight excluding hydrogens is 556 g/mol. The number of nitro groups is 1. The van der Waals surface area contributed by atoms with Crippen molar-refractivity contribution in [2.45, 2.75) is 6.61 Å². The standard InChI is InChI=1S/C28H17BrN2O7/c29-19-8-10-21(11-9-19)38-22-12-13-23-24(15-22)27(33)30(26(23)32)20-6-3-5-17(14-20)28(34)37-16-18-4-1-2-7-25(18)31(35)36/h1-15H,16H2. The van der Waals surface area contributed by atoms with E-state index in [1.54, 1.807) is 24.3 Å². The number of imide groups is 1. The zero-order valence-corrected chi connectivity index (χ0v) is 21.1. The maximum atomic E-state index is 13.2. The van der Waals surface area contributed by atoms with Crippen molar-refractivity contribution in [1.29, 1.82) is 0 Å². The summed E-state index contributed by atoms with van der Waals surface area (Å²) in [5.74, 6) is -0.899. The molecule has 0 saturated heterocycles. The van der Waals surface area contributed by atoms with E-state index in [0.717, 1.165) is 9.37 Å². The number of nitro benzene ring substituents is 1. The van der Waals surface area contributed by atoms with Crippen LogP contribution < -0.4 is 9.64 Å². The number of halogens is 1. The molecule has 0 bridgehead atoms. The summed E-state index contributed by atoms with van der Waals surface area (Å²) >= 11 is 3.36. The Bertz CT molecular complexity index is 1600. The second kappa shape index (κ2) is 10.3. The molecule has 188 valence electrons. The smallest absolute Gasteiger partial charge is 0.338 e. The van der Waals surface area contributed by atoms with E-state index < -0.39 is 22.7 Å². The van der Waals surface area contributed by atoms with Gasteiger partial charge in [0.1, 0.15) is 18.1 Å². The van der Waals surface area contributed by atoms with Crippen molar-refractivity contribution in [3.63, 3.8) is 0 Å². The number of benzene rings is 4. The predicted molar refractivity (Wildman–Crippen MR) is 140 cm³/mol. The SMILES string of the molecule is O=C(OCc1ccccc1[N+](=O)[O-])c1cccc(N2C(=O)c3ccc(Oc4ccc(Br)cc4)cc3C2=O)c1. The molecule has 0 radical (unpaired) electrons. The number of fused-ring (bicyclic) bond motifs is 1. The molecule has 0 atom stereocenters. The number of rotatable bonds is 7. The third-order valence-electron chi connectivity index (χ3n) is 5.79. The highest BCUT2D eigenvalue weighted by molar-refractivity contribution is 9.10. The second-order valence-corrected chi connectivity index (χ2v) is 9.14. The Balaban J connectivity index is 1.34. The molecule has 9 nitrogen and oxygen atoms in total. The fourth-order valence-electron chi connectivity index (χ4n) is 3.97. The van der Waals surface area contributed by atoms with Crippen LogP contribution >= 0.6 is 15.9 Å². The van der Waals surface area contributed by atoms with Crippen LogP contribution in [0.3, 0.4) is 0 Å². The van der Waals surface area contributed by atoms with E-state index in [1.807, 2.05) is 12.1 Å². The zero-order valence-electron chi connectivity index (χ0n) is 19.5. The Hall–Kier alpha value is -4.83. The number of carbonyl (C=O) groups excluding carboxylic acids is 3. The Kier molecular flexibility index (Phi) is 6.71. The Morgan fingerprint density at radius 1 is 0.842 bits per heavy atom. The first kappa shape index (κ1) is 24.8. The molecule has 1 aliphatic rings. The molecule has 38 heavy (non-hydrogen) atoms. The summed E-state index contributed by atoms with van der Waals surface area (Å²) in [7, 11) is 0. The van der Waals surface area contributed by atoms with Gasteiger partial charge in [-0.3, -0.25) is 19.7 Å². The molecule has 2 amide bonds. The number of amides is 2. The van der Waals surface area contributed by atoms with E-state index in [9.17, 15) is 24.5 Å². The molecule has 0 unspecified atom stereocenters. The summed E-state index contributed by atoms with van der Waals surface area (Å²) in [6.07, 6.45) is 0. The number of hydrogen-bond donors (Lipinski definition) is 0. The molecule has 4 aromatic rings. The summed E-state index contributed by atoms with van der Waals surface area (Å²) < 4.78 is 12.0. The predicted octanol–water partition coefficient (Wildman–Crippen LogP) is 6.31. The quantitative estimate of drug-likeness (QED) is 0.110. The maximum Gasteiger partial charge on any atom is 0.338 e. The van der Waals surface area contributed by atoms with E-state index in [-0.39, 0.29) is 40.2 Å². The first-order valence-electron chi connectivity index (χ1n) is 11.3. The molecule has 10 heteroatoms. The Morgan fingerprint density at radius 2 is 1.55 bits per heavy atom. The van der Waals surface area contributed by atoms with Gasteiger partial charge in [-0.25, -0.2) is 9.69 Å². The summed E-state index contributed by atoms with van der Waals surface area (Å²) in [6, 6.07) is 23.6. The lowest BCUT2D eigenvalue weighted by Crippen LogP contribution is -2.29. The zero-order chi connectivity index (χ0) is 26.8. The number of anilines is 1. The molecule has 1 heterocycles. The molecule has 5 rings (SSSR count). The van der Waals surface area contributed by atoms with Gasteiger partial charge in [0.25, 0.3) is 17.5 Å². The van der Waals surface area contributed by atoms with Gasteiger partial charge >= 0.3 is 5.97 Å². The van der Waals surface area contributed by atoms with Gasteiger partial charge in [0.15, 0.2) is 0 Å². The monoisotopic (exact) mass is 572 g/mol. The highest BCUT2D eigenvalue weighted by Crippen LogP contribution is 2.33. The van der Waals surface area contributed by atoms with Gasteiger partial charge in [-0.05, 0) is 66.7 Å². The number of nitrogens with zero attached hydrogens (tertiary/aromatic N) is 2. The van der Waals surface area contributed by atoms with Crippen LogP contribution in [0, 0.1) is 10.1 Å². The van der Waals surface area contributed by atoms with Crippen molar-refractivity contribution in [2.24, 2.45) is 0 Å². The van der Waals surface area contributed by atoms with Gasteiger partial charge in [0.2, 0.25) is 0 Å². The topological polar surface area (TPSA) is 116 Å². The van der Waals surface area contributed by atoms with Crippen LogP contribution in [-0.4, -0.2) is 22.7 Å². The van der Waals surface area contributed by atoms with Crippen molar-refractivity contribution >= 4 is 45.1 Å². The van der Waals surface area contributed by atoms with E-state index in [1.165, 1.54) is 54.6 Å². The van der Waals surface area contributed by atoms with E-state index in [0.29, 0.717) is 11.5 Å². The minimum Gasteiger partial charge on any atom is -0.457 e. The molecular formula is C28H17BrN2O7. The van der Waals surface area contributed by atoms with Crippen LogP contribution in [0.25, 0.3) is 0 Å². The first-order valence-corrected chi connectivity index (χ1v) is 12.1. The molecule has 0 spiro atoms. The Labute approximate surface area is 224 Å². The number of para-hydroxylation sites is 1. The molecule has 0 N–H and O–H groups in total. The van der Waals surface area contributed by atoms with E-state index in [2.05, 4.69) is 15.9 Å². The third-order valence-corrected chi connectivity index (χ3v) is 6.32. The van der Waals surface area contributed by atoms with Crippen molar-refractivity contribution < 1.29 is 28.8 Å². The van der Waals surface area contributed by atoms with E-state index in [4.69, 9.17) is 9.47 Å². The molecule has 1 aliphatic heterocycles. The van der Waals surface area contributed by atoms with Crippen molar-refractivity contribution in [3.05, 3.63) is 128 Å². The van der Waals surface area contributed by atoms with Gasteiger partial charge in [0.05, 0.1) is 32.9 Å². The summed E-state index contributed by atoms with van der Waals surface area (Å²) in [5.41, 5.74) is 0.729. The lowest BCUT2D eigenvalue weighted by atomic mass is 10.1. The van der Waals surface area contributed by atoms with Gasteiger partial charge < -0.3 is 9.47 Å². The highest BCUT2D eigenvalue weighted by Gasteiger charge is 2.37. The third kappa shape index (κ3) is 4.89. The van der Waals surface area contributed by atoms with E-state index >= 15 is 0 Å². The van der Waals surface area contributed by atoms with Gasteiger partial charge in [-0.2, -0.15) is 0 Å². The van der Waals surface area contributed by atoms with Crippen molar-refractivity contribution in [2.75, 3.05) is 4.90 Å². The highest BCUT2D eigenvalue weighted by atomic mass is 79.9. The van der Waals surface area contributed by atoms with Crippen molar-refractivity contribution in [3.8, 4) is 11.5 Å².